The van der Waals surface area contributed by atoms with Gasteiger partial charge in [0, 0.05) is 3.92 Å². The molecule has 0 spiro atoms. The highest BCUT2D eigenvalue weighted by atomic mass is 127. The maximum atomic E-state index is 4.66. The Labute approximate surface area is 175 Å². The van der Waals surface area contributed by atoms with Crippen molar-refractivity contribution in [3.8, 4) is 0 Å². The van der Waals surface area contributed by atoms with Gasteiger partial charge in [0.25, 0.3) is 0 Å². The zero-order valence-corrected chi connectivity index (χ0v) is 19.1. The number of hydrogen-bond donors (Lipinski definition) is 0. The van der Waals surface area contributed by atoms with Gasteiger partial charge in [0.05, 0.1) is 0 Å². The van der Waals surface area contributed by atoms with E-state index < -0.39 is 0 Å². The Hall–Kier alpha value is 0.210. The van der Waals surface area contributed by atoms with E-state index in [9.17, 15) is 0 Å². The van der Waals surface area contributed by atoms with Crippen LogP contribution in [0.15, 0.2) is 23.8 Å². The molecule has 0 N–H and O–H groups in total. The molecule has 0 amide bonds. The smallest absolute Gasteiger partial charge is 0.0112 e. The highest BCUT2D eigenvalue weighted by Gasteiger charge is 2.38. The molecule has 4 aliphatic carbocycles. The van der Waals surface area contributed by atoms with E-state index in [2.05, 4.69) is 42.2 Å². The zero-order chi connectivity index (χ0) is 18.1. The third-order valence-electron chi connectivity index (χ3n) is 8.72. The van der Waals surface area contributed by atoms with Crippen LogP contribution in [0.25, 0.3) is 0 Å². The summed E-state index contributed by atoms with van der Waals surface area (Å²) in [5.41, 5.74) is 3.46. The molecular weight excluding hydrogens is 427 g/mol. The second kappa shape index (κ2) is 8.70. The van der Waals surface area contributed by atoms with Crippen LogP contribution in [-0.2, 0) is 0 Å². The number of fused-ring (bicyclic) bond motifs is 2. The van der Waals surface area contributed by atoms with Crippen molar-refractivity contribution in [2.75, 3.05) is 0 Å². The molecule has 4 rings (SSSR count). The van der Waals surface area contributed by atoms with Crippen molar-refractivity contribution in [1.82, 2.24) is 0 Å². The van der Waals surface area contributed by atoms with Gasteiger partial charge in [-0.05, 0) is 113 Å². The van der Waals surface area contributed by atoms with Crippen LogP contribution in [0, 0.1) is 35.5 Å². The Bertz CT molecular complexity index is 532. The topological polar surface area (TPSA) is 0 Å². The number of hydrogen-bond acceptors (Lipinski definition) is 0. The minimum Gasteiger partial charge on any atom is -0.0993 e. The molecule has 7 unspecified atom stereocenters. The van der Waals surface area contributed by atoms with Crippen molar-refractivity contribution >= 4 is 22.6 Å². The Kier molecular flexibility index (Phi) is 6.53. The molecule has 4 aliphatic rings. The molecule has 0 radical (unpaired) electrons. The van der Waals surface area contributed by atoms with Gasteiger partial charge >= 0.3 is 0 Å². The predicted molar refractivity (Wildman–Crippen MR) is 122 cm³/mol. The monoisotopic (exact) mass is 466 g/mol. The fourth-order valence-corrected chi connectivity index (χ4v) is 8.16. The molecule has 0 saturated heterocycles. The third-order valence-corrected chi connectivity index (χ3v) is 9.85. The molecule has 0 bridgehead atoms. The average molecular weight is 466 g/mol. The third kappa shape index (κ3) is 4.13. The van der Waals surface area contributed by atoms with E-state index in [1.807, 2.05) is 0 Å². The van der Waals surface area contributed by atoms with E-state index in [0.717, 1.165) is 39.4 Å². The van der Waals surface area contributed by atoms with Gasteiger partial charge in [-0.2, -0.15) is 0 Å². The molecule has 0 aromatic rings. The van der Waals surface area contributed by atoms with Crippen LogP contribution in [0.4, 0.5) is 0 Å². The number of alkyl halides is 1. The quantitative estimate of drug-likeness (QED) is 0.224. The Balaban J connectivity index is 1.37. The van der Waals surface area contributed by atoms with Crippen LogP contribution >= 0.6 is 22.6 Å². The molecule has 0 aliphatic heterocycles. The number of allylic oxidation sites excluding steroid dienone is 3. The maximum Gasteiger partial charge on any atom is 0.0112 e. The van der Waals surface area contributed by atoms with E-state index in [-0.39, 0.29) is 0 Å². The van der Waals surface area contributed by atoms with Crippen molar-refractivity contribution in [2.45, 2.75) is 94.3 Å². The van der Waals surface area contributed by atoms with E-state index >= 15 is 0 Å². The molecular formula is C25H39I. The highest BCUT2D eigenvalue weighted by Crippen LogP contribution is 2.50. The first-order valence-corrected chi connectivity index (χ1v) is 12.9. The Morgan fingerprint density at radius 1 is 0.923 bits per heavy atom. The lowest BCUT2D eigenvalue weighted by Gasteiger charge is -2.44. The fraction of sp³-hybridized carbons (Fsp3) is 0.840. The number of rotatable bonds is 3. The Morgan fingerprint density at radius 3 is 2.50 bits per heavy atom. The lowest BCUT2D eigenvalue weighted by Crippen LogP contribution is -2.33. The first kappa shape index (κ1) is 19.5. The second-order valence-electron chi connectivity index (χ2n) is 10.0. The van der Waals surface area contributed by atoms with Crippen molar-refractivity contribution in [3.05, 3.63) is 23.8 Å². The first-order chi connectivity index (χ1) is 12.7. The summed E-state index contributed by atoms with van der Waals surface area (Å²) >= 11 is 2.70. The van der Waals surface area contributed by atoms with Gasteiger partial charge in [0.1, 0.15) is 0 Å². The van der Waals surface area contributed by atoms with Crippen LogP contribution in [0.1, 0.15) is 90.4 Å². The van der Waals surface area contributed by atoms with Crippen LogP contribution in [-0.4, -0.2) is 3.92 Å². The minimum absolute atomic E-state index is 0.795. The van der Waals surface area contributed by atoms with Gasteiger partial charge in [0.2, 0.25) is 0 Å². The summed E-state index contributed by atoms with van der Waals surface area (Å²) in [5, 5.41) is 0. The lowest BCUT2D eigenvalue weighted by molar-refractivity contribution is 0.144. The summed E-state index contributed by atoms with van der Waals surface area (Å²) in [5.74, 6) is 5.63. The van der Waals surface area contributed by atoms with Gasteiger partial charge in [-0.3, -0.25) is 0 Å². The largest absolute Gasteiger partial charge is 0.0993 e. The first-order valence-electron chi connectivity index (χ1n) is 11.6. The van der Waals surface area contributed by atoms with E-state index in [1.54, 1.807) is 11.1 Å². The summed E-state index contributed by atoms with van der Waals surface area (Å²) in [4.78, 5) is 0. The Morgan fingerprint density at radius 2 is 1.65 bits per heavy atom. The fourth-order valence-electron chi connectivity index (χ4n) is 7.15. The molecule has 0 heterocycles. The lowest BCUT2D eigenvalue weighted by atomic mass is 9.62. The van der Waals surface area contributed by atoms with E-state index in [1.165, 1.54) is 83.5 Å². The van der Waals surface area contributed by atoms with Crippen molar-refractivity contribution in [2.24, 2.45) is 35.5 Å². The normalized spacial score (nSPS) is 44.3. The van der Waals surface area contributed by atoms with Crippen LogP contribution in [0.5, 0.6) is 0 Å². The molecule has 1 heteroatoms. The molecule has 26 heavy (non-hydrogen) atoms. The van der Waals surface area contributed by atoms with Gasteiger partial charge in [-0.15, -0.1) is 0 Å². The van der Waals surface area contributed by atoms with Crippen LogP contribution in [0.2, 0.25) is 0 Å². The predicted octanol–water partition coefficient (Wildman–Crippen LogP) is 8.12. The van der Waals surface area contributed by atoms with Crippen molar-refractivity contribution in [1.29, 1.82) is 0 Å². The van der Waals surface area contributed by atoms with E-state index in [0.29, 0.717) is 0 Å². The van der Waals surface area contributed by atoms with Gasteiger partial charge < -0.3 is 0 Å². The zero-order valence-electron chi connectivity index (χ0n) is 16.9. The molecule has 0 aromatic heterocycles. The van der Waals surface area contributed by atoms with Gasteiger partial charge in [0.15, 0.2) is 0 Å². The van der Waals surface area contributed by atoms with Gasteiger partial charge in [-0.25, -0.2) is 0 Å². The maximum absolute atomic E-state index is 4.66. The van der Waals surface area contributed by atoms with Crippen molar-refractivity contribution in [3.63, 3.8) is 0 Å². The number of halogens is 1. The van der Waals surface area contributed by atoms with E-state index in [4.69, 9.17) is 0 Å². The molecule has 7 atom stereocenters. The van der Waals surface area contributed by atoms with Crippen LogP contribution in [0.3, 0.4) is 0 Å². The molecule has 4 saturated carbocycles. The summed E-state index contributed by atoms with van der Waals surface area (Å²) in [6, 6.07) is 0. The summed E-state index contributed by atoms with van der Waals surface area (Å²) in [7, 11) is 0. The summed E-state index contributed by atoms with van der Waals surface area (Å²) in [6.45, 7) is 6.98. The van der Waals surface area contributed by atoms with Gasteiger partial charge in [-0.1, -0.05) is 59.2 Å². The molecule has 0 aromatic carbocycles. The summed E-state index contributed by atoms with van der Waals surface area (Å²) in [6.07, 6.45) is 21.6. The molecule has 0 nitrogen and oxygen atoms in total. The molecule has 146 valence electrons. The second-order valence-corrected chi connectivity index (χ2v) is 11.8. The average Bonchev–Trinajstić information content (AvgIpc) is 2.67. The minimum atomic E-state index is 0.795. The summed E-state index contributed by atoms with van der Waals surface area (Å²) < 4.78 is 0.959. The van der Waals surface area contributed by atoms with Crippen LogP contribution < -0.4 is 0 Å². The van der Waals surface area contributed by atoms with Crippen molar-refractivity contribution < 1.29 is 0 Å². The standard InChI is InChI=1S/C25H39I/c1-3-18(21-10-11-23-16-24(26)13-12-22(23)15-21)14-20-9-8-19-6-4-5-7-25(19)17(20)2/h3,19-25H,2,4-16H2,1H3/b18-3+. The SMILES string of the molecule is C=C1C(C/C(=C\C)C2CCC3CC(I)CCC3C2)CCC2CCCCC12. The highest BCUT2D eigenvalue weighted by molar-refractivity contribution is 14.1. The molecule has 4 fully saturated rings.